The highest BCUT2D eigenvalue weighted by Crippen LogP contribution is 2.50. The molecule has 0 radical (unpaired) electrons. The van der Waals surface area contributed by atoms with Crippen molar-refractivity contribution < 1.29 is 37.7 Å². The number of esters is 1. The second-order valence-electron chi connectivity index (χ2n) is 9.35. The Balaban J connectivity index is 1.37. The first-order chi connectivity index (χ1) is 19.0. The lowest BCUT2D eigenvalue weighted by atomic mass is 9.73. The summed E-state index contributed by atoms with van der Waals surface area (Å²) in [7, 11) is 0. The number of benzene rings is 2. The van der Waals surface area contributed by atoms with Gasteiger partial charge in [0.15, 0.2) is 17.3 Å². The molecule has 2 atom stereocenters. The second kappa shape index (κ2) is 9.79. The fourth-order valence-corrected chi connectivity index (χ4v) is 5.20. The van der Waals surface area contributed by atoms with Crippen LogP contribution in [0.3, 0.4) is 0 Å². The summed E-state index contributed by atoms with van der Waals surface area (Å²) >= 11 is 0. The Hall–Kier alpha value is -4.85. The van der Waals surface area contributed by atoms with Crippen LogP contribution in [0.15, 0.2) is 87.8 Å². The zero-order chi connectivity index (χ0) is 27.1. The molecule has 2 aliphatic heterocycles. The summed E-state index contributed by atoms with van der Waals surface area (Å²) in [6.07, 6.45) is 4.04. The summed E-state index contributed by atoms with van der Waals surface area (Å²) in [6.45, 7) is 3.86. The number of carbonyl (C=O) groups excluding carboxylic acids is 3. The zero-order valence-corrected chi connectivity index (χ0v) is 21.3. The number of fused-ring (bicyclic) bond motifs is 2. The van der Waals surface area contributed by atoms with Crippen molar-refractivity contribution in [3.05, 3.63) is 100 Å². The van der Waals surface area contributed by atoms with Gasteiger partial charge in [-0.05, 0) is 61.4 Å². The van der Waals surface area contributed by atoms with E-state index in [4.69, 9.17) is 23.4 Å². The van der Waals surface area contributed by atoms with Gasteiger partial charge >= 0.3 is 5.97 Å². The number of hydrogen-bond donors (Lipinski definition) is 0. The lowest BCUT2D eigenvalue weighted by molar-refractivity contribution is -0.139. The van der Waals surface area contributed by atoms with Gasteiger partial charge < -0.3 is 23.4 Å². The first-order valence-corrected chi connectivity index (χ1v) is 12.5. The first kappa shape index (κ1) is 24.5. The molecule has 1 saturated heterocycles. The fraction of sp³-hybridized carbons (Fsp3) is 0.194. The van der Waals surface area contributed by atoms with Gasteiger partial charge in [-0.2, -0.15) is 0 Å². The van der Waals surface area contributed by atoms with Gasteiger partial charge in [-0.1, -0.05) is 24.3 Å². The molecule has 196 valence electrons. The third-order valence-electron chi connectivity index (χ3n) is 6.95. The molecule has 0 N–H and O–H groups in total. The lowest BCUT2D eigenvalue weighted by Crippen LogP contribution is -2.28. The van der Waals surface area contributed by atoms with Crippen LogP contribution in [0.1, 0.15) is 41.4 Å². The van der Waals surface area contributed by atoms with E-state index in [1.54, 1.807) is 68.5 Å². The molecule has 1 aliphatic carbocycles. The summed E-state index contributed by atoms with van der Waals surface area (Å²) in [5, 5.41) is 0. The number of allylic oxidation sites excluding steroid dienone is 4. The van der Waals surface area contributed by atoms with Crippen LogP contribution >= 0.6 is 0 Å². The SMILES string of the molecule is CCOC(=O)C1=C(C)C=C2O/C(=C\c3ccc(-c4cccc(C=O)c4)o3)C(=O)C2C1c1ccc2c(c1)OCO2. The van der Waals surface area contributed by atoms with Crippen molar-refractivity contribution in [1.82, 2.24) is 0 Å². The highest BCUT2D eigenvalue weighted by molar-refractivity contribution is 6.06. The van der Waals surface area contributed by atoms with Crippen molar-refractivity contribution >= 4 is 24.1 Å². The van der Waals surface area contributed by atoms with Crippen LogP contribution in [0.2, 0.25) is 0 Å². The van der Waals surface area contributed by atoms with Crippen LogP contribution in [-0.2, 0) is 19.1 Å². The van der Waals surface area contributed by atoms with Crippen LogP contribution in [0.25, 0.3) is 17.4 Å². The molecule has 1 aromatic heterocycles. The molecule has 8 nitrogen and oxygen atoms in total. The van der Waals surface area contributed by atoms with Crippen molar-refractivity contribution in [2.24, 2.45) is 5.92 Å². The molecule has 3 aromatic rings. The number of ether oxygens (including phenoxy) is 4. The predicted octanol–water partition coefficient (Wildman–Crippen LogP) is 5.61. The topological polar surface area (TPSA) is 101 Å². The quantitative estimate of drug-likeness (QED) is 0.233. The highest BCUT2D eigenvalue weighted by atomic mass is 16.7. The number of Topliss-reactive ketones (excluding diaryl/α,β-unsaturated/α-hetero) is 1. The van der Waals surface area contributed by atoms with Crippen LogP contribution in [0, 0.1) is 5.92 Å². The molecule has 0 saturated carbocycles. The molecule has 3 aliphatic rings. The van der Waals surface area contributed by atoms with Crippen molar-refractivity contribution in [3.8, 4) is 22.8 Å². The Kier molecular flexibility index (Phi) is 6.15. The highest BCUT2D eigenvalue weighted by Gasteiger charge is 2.48. The minimum absolute atomic E-state index is 0.108. The van der Waals surface area contributed by atoms with Gasteiger partial charge in [0, 0.05) is 28.7 Å². The molecular weight excluding hydrogens is 500 g/mol. The van der Waals surface area contributed by atoms with Gasteiger partial charge in [0.25, 0.3) is 0 Å². The van der Waals surface area contributed by atoms with E-state index in [0.717, 1.165) is 11.8 Å². The van der Waals surface area contributed by atoms with E-state index >= 15 is 0 Å². The van der Waals surface area contributed by atoms with E-state index in [0.29, 0.717) is 51.1 Å². The number of carbonyl (C=O) groups is 3. The second-order valence-corrected chi connectivity index (χ2v) is 9.35. The largest absolute Gasteiger partial charge is 0.463 e. The maximum absolute atomic E-state index is 13.8. The normalized spacial score (nSPS) is 20.5. The monoisotopic (exact) mass is 524 g/mol. The van der Waals surface area contributed by atoms with Gasteiger partial charge in [0.05, 0.1) is 12.5 Å². The minimum atomic E-state index is -0.765. The van der Waals surface area contributed by atoms with E-state index < -0.39 is 17.8 Å². The molecule has 3 heterocycles. The third kappa shape index (κ3) is 4.33. The van der Waals surface area contributed by atoms with E-state index in [1.807, 2.05) is 12.1 Å². The van der Waals surface area contributed by atoms with Crippen molar-refractivity contribution in [2.75, 3.05) is 13.4 Å². The molecule has 8 heteroatoms. The van der Waals surface area contributed by atoms with Gasteiger partial charge in [0.2, 0.25) is 12.6 Å². The Morgan fingerprint density at radius 1 is 1.05 bits per heavy atom. The first-order valence-electron chi connectivity index (χ1n) is 12.5. The summed E-state index contributed by atoms with van der Waals surface area (Å²) < 4.78 is 28.4. The smallest absolute Gasteiger partial charge is 0.334 e. The van der Waals surface area contributed by atoms with E-state index in [9.17, 15) is 14.4 Å². The van der Waals surface area contributed by atoms with Crippen LogP contribution in [0.5, 0.6) is 11.5 Å². The Morgan fingerprint density at radius 3 is 2.72 bits per heavy atom. The van der Waals surface area contributed by atoms with Crippen LogP contribution in [-0.4, -0.2) is 31.4 Å². The van der Waals surface area contributed by atoms with Crippen LogP contribution in [0.4, 0.5) is 0 Å². The lowest BCUT2D eigenvalue weighted by Gasteiger charge is -2.29. The Labute approximate surface area is 224 Å². The van der Waals surface area contributed by atoms with Gasteiger partial charge in [-0.3, -0.25) is 9.59 Å². The molecule has 0 spiro atoms. The molecule has 0 amide bonds. The summed E-state index contributed by atoms with van der Waals surface area (Å²) in [5.74, 6) is 0.507. The average Bonchev–Trinajstić information content (AvgIpc) is 3.67. The maximum atomic E-state index is 13.8. The Bertz CT molecular complexity index is 1600. The fourth-order valence-electron chi connectivity index (χ4n) is 5.20. The number of furan rings is 1. The molecule has 2 aromatic carbocycles. The summed E-state index contributed by atoms with van der Waals surface area (Å²) in [5.41, 5.74) is 3.04. The van der Waals surface area contributed by atoms with Gasteiger partial charge in [0.1, 0.15) is 23.6 Å². The number of ketones is 1. The van der Waals surface area contributed by atoms with Gasteiger partial charge in [-0.15, -0.1) is 0 Å². The third-order valence-corrected chi connectivity index (χ3v) is 6.95. The van der Waals surface area contributed by atoms with Crippen molar-refractivity contribution in [1.29, 1.82) is 0 Å². The molecule has 39 heavy (non-hydrogen) atoms. The van der Waals surface area contributed by atoms with Crippen LogP contribution < -0.4 is 9.47 Å². The average molecular weight is 525 g/mol. The molecule has 6 rings (SSSR count). The molecule has 1 fully saturated rings. The number of rotatable bonds is 6. The van der Waals surface area contributed by atoms with E-state index in [-0.39, 0.29) is 24.9 Å². The van der Waals surface area contributed by atoms with E-state index in [1.165, 1.54) is 0 Å². The van der Waals surface area contributed by atoms with Crippen molar-refractivity contribution in [3.63, 3.8) is 0 Å². The standard InChI is InChI=1S/C31H24O8/c1-3-35-31(34)27-17(2)11-25-29(28(27)20-7-9-23-24(13-20)37-16-36-23)30(33)26(39-25)14-21-8-10-22(38-21)19-6-4-5-18(12-19)15-32/h4-15,28-29H,3,16H2,1-2H3/b26-14-. The maximum Gasteiger partial charge on any atom is 0.334 e. The molecule has 2 unspecified atom stereocenters. The minimum Gasteiger partial charge on any atom is -0.463 e. The molecule has 0 bridgehead atoms. The van der Waals surface area contributed by atoms with Gasteiger partial charge in [-0.25, -0.2) is 4.79 Å². The number of hydrogen-bond acceptors (Lipinski definition) is 8. The van der Waals surface area contributed by atoms with E-state index in [2.05, 4.69) is 0 Å². The predicted molar refractivity (Wildman–Crippen MR) is 140 cm³/mol. The molecular formula is C31H24O8. The summed E-state index contributed by atoms with van der Waals surface area (Å²) in [6, 6.07) is 15.9. The zero-order valence-electron chi connectivity index (χ0n) is 21.3. The Morgan fingerprint density at radius 2 is 1.90 bits per heavy atom. The summed E-state index contributed by atoms with van der Waals surface area (Å²) in [4.78, 5) is 38.1. The number of aldehydes is 1. The van der Waals surface area contributed by atoms with Crippen molar-refractivity contribution in [2.45, 2.75) is 19.8 Å².